The minimum Gasteiger partial charge on any atom is -0.508 e. The lowest BCUT2D eigenvalue weighted by atomic mass is 9.61. The van der Waals surface area contributed by atoms with Crippen molar-refractivity contribution in [1.82, 2.24) is 0 Å². The molecular weight excluding hydrogens is 220 g/mol. The lowest BCUT2D eigenvalue weighted by Gasteiger charge is -2.44. The minimum absolute atomic E-state index is 0.434. The largest absolute Gasteiger partial charge is 0.508 e. The van der Waals surface area contributed by atoms with Gasteiger partial charge < -0.3 is 5.11 Å². The molecule has 1 N–H and O–H groups in total. The molecular formula is C17H20O. The van der Waals surface area contributed by atoms with E-state index in [0.29, 0.717) is 5.75 Å². The van der Waals surface area contributed by atoms with Gasteiger partial charge in [-0.3, -0.25) is 0 Å². The normalized spacial score (nSPS) is 36.9. The second kappa shape index (κ2) is 3.88. The van der Waals surface area contributed by atoms with Crippen LogP contribution in [0, 0.1) is 17.8 Å². The van der Waals surface area contributed by atoms with Gasteiger partial charge in [-0.1, -0.05) is 18.2 Å². The summed E-state index contributed by atoms with van der Waals surface area (Å²) in [5.74, 6) is 3.85. The minimum atomic E-state index is 0.434. The summed E-state index contributed by atoms with van der Waals surface area (Å²) in [7, 11) is 0. The Kier molecular flexibility index (Phi) is 2.30. The lowest BCUT2D eigenvalue weighted by Crippen LogP contribution is -2.34. The number of aryl methyl sites for hydroxylation is 1. The van der Waals surface area contributed by atoms with Crippen molar-refractivity contribution in [2.24, 2.45) is 17.8 Å². The zero-order chi connectivity index (χ0) is 12.1. The summed E-state index contributed by atoms with van der Waals surface area (Å²) in [5.41, 5.74) is 2.94. The van der Waals surface area contributed by atoms with Crippen LogP contribution in [0.1, 0.15) is 42.7 Å². The monoisotopic (exact) mass is 240 g/mol. The fourth-order valence-corrected chi connectivity index (χ4v) is 4.71. The van der Waals surface area contributed by atoms with E-state index in [0.717, 1.165) is 30.1 Å². The highest BCUT2D eigenvalue weighted by molar-refractivity contribution is 5.40. The van der Waals surface area contributed by atoms with Crippen LogP contribution in [0.5, 0.6) is 5.75 Å². The fourth-order valence-electron chi connectivity index (χ4n) is 4.71. The number of benzene rings is 1. The molecule has 0 aromatic heterocycles. The van der Waals surface area contributed by atoms with Gasteiger partial charge in [-0.2, -0.15) is 0 Å². The van der Waals surface area contributed by atoms with E-state index in [1.807, 2.05) is 12.1 Å². The van der Waals surface area contributed by atoms with Gasteiger partial charge >= 0.3 is 0 Å². The third kappa shape index (κ3) is 1.46. The summed E-state index contributed by atoms with van der Waals surface area (Å²) in [6, 6.07) is 6.05. The Hall–Kier alpha value is -1.24. The number of allylic oxidation sites excluding steroid dienone is 2. The first-order valence-corrected chi connectivity index (χ1v) is 7.31. The Morgan fingerprint density at radius 3 is 2.94 bits per heavy atom. The van der Waals surface area contributed by atoms with Crippen molar-refractivity contribution in [3.8, 4) is 5.75 Å². The van der Waals surface area contributed by atoms with E-state index in [2.05, 4.69) is 18.2 Å². The van der Waals surface area contributed by atoms with Crippen LogP contribution in [0.15, 0.2) is 30.4 Å². The van der Waals surface area contributed by atoms with Crippen LogP contribution in [-0.4, -0.2) is 5.11 Å². The Bertz CT molecular complexity index is 502. The van der Waals surface area contributed by atoms with Gasteiger partial charge in [0, 0.05) is 0 Å². The smallest absolute Gasteiger partial charge is 0.115 e. The van der Waals surface area contributed by atoms with Crippen molar-refractivity contribution < 1.29 is 5.11 Å². The summed E-state index contributed by atoms with van der Waals surface area (Å²) >= 11 is 0. The number of phenols is 1. The zero-order valence-corrected chi connectivity index (χ0v) is 10.7. The predicted octanol–water partition coefficient (Wildman–Crippen LogP) is 4.02. The SMILES string of the molecule is Oc1ccc2c(c1)CCC1C2CCC2C=CCC21. The Morgan fingerprint density at radius 2 is 2.00 bits per heavy atom. The van der Waals surface area contributed by atoms with E-state index >= 15 is 0 Å². The van der Waals surface area contributed by atoms with Gasteiger partial charge in [-0.15, -0.1) is 0 Å². The molecule has 1 aromatic rings. The number of hydrogen-bond donors (Lipinski definition) is 1. The second-order valence-corrected chi connectivity index (χ2v) is 6.26. The van der Waals surface area contributed by atoms with E-state index in [1.165, 1.54) is 36.8 Å². The maximum Gasteiger partial charge on any atom is 0.115 e. The van der Waals surface area contributed by atoms with E-state index in [1.54, 1.807) is 0 Å². The number of fused-ring (bicyclic) bond motifs is 5. The number of phenolic OH excluding ortho intramolecular Hbond substituents is 1. The summed E-state index contributed by atoms with van der Waals surface area (Å²) < 4.78 is 0. The van der Waals surface area contributed by atoms with Gasteiger partial charge in [0.15, 0.2) is 0 Å². The number of aromatic hydroxyl groups is 1. The molecule has 0 bridgehead atoms. The van der Waals surface area contributed by atoms with E-state index in [4.69, 9.17) is 0 Å². The third-order valence-electron chi connectivity index (χ3n) is 5.49. The van der Waals surface area contributed by atoms with Crippen molar-refractivity contribution in [2.45, 2.75) is 38.0 Å². The fraction of sp³-hybridized carbons (Fsp3) is 0.529. The molecule has 0 saturated heterocycles. The standard InChI is InChI=1S/C17H20O/c18-13-6-9-15-12(10-13)5-8-16-14-3-1-2-11(14)4-7-17(15)16/h1-2,6,9-11,14,16-18H,3-5,7-8H2. The van der Waals surface area contributed by atoms with Crippen LogP contribution in [0.4, 0.5) is 0 Å². The molecule has 4 atom stereocenters. The molecule has 1 nitrogen and oxygen atoms in total. The molecule has 4 unspecified atom stereocenters. The molecule has 4 rings (SSSR count). The average molecular weight is 240 g/mol. The van der Waals surface area contributed by atoms with Crippen molar-refractivity contribution in [3.63, 3.8) is 0 Å². The Morgan fingerprint density at radius 1 is 1.06 bits per heavy atom. The van der Waals surface area contributed by atoms with Gasteiger partial charge in [-0.05, 0) is 79.0 Å². The maximum absolute atomic E-state index is 9.62. The first kappa shape index (κ1) is 10.7. The lowest BCUT2D eigenvalue weighted by molar-refractivity contribution is 0.150. The molecule has 1 aromatic carbocycles. The molecule has 1 saturated carbocycles. The molecule has 0 amide bonds. The molecule has 94 valence electrons. The topological polar surface area (TPSA) is 20.2 Å². The molecule has 0 radical (unpaired) electrons. The Labute approximate surface area is 109 Å². The average Bonchev–Trinajstić information content (AvgIpc) is 2.86. The van der Waals surface area contributed by atoms with Gasteiger partial charge in [-0.25, -0.2) is 0 Å². The van der Waals surface area contributed by atoms with Crippen LogP contribution in [0.3, 0.4) is 0 Å². The Balaban J connectivity index is 1.71. The molecule has 1 heteroatoms. The van der Waals surface area contributed by atoms with Crippen molar-refractivity contribution in [1.29, 1.82) is 0 Å². The maximum atomic E-state index is 9.62. The quantitative estimate of drug-likeness (QED) is 0.679. The third-order valence-corrected chi connectivity index (χ3v) is 5.49. The van der Waals surface area contributed by atoms with E-state index < -0.39 is 0 Å². The van der Waals surface area contributed by atoms with Gasteiger partial charge in [0.25, 0.3) is 0 Å². The zero-order valence-electron chi connectivity index (χ0n) is 10.7. The summed E-state index contributed by atoms with van der Waals surface area (Å²) in [4.78, 5) is 0. The number of hydrogen-bond acceptors (Lipinski definition) is 1. The summed E-state index contributed by atoms with van der Waals surface area (Å²) in [5, 5.41) is 9.62. The summed E-state index contributed by atoms with van der Waals surface area (Å²) in [6.45, 7) is 0. The van der Waals surface area contributed by atoms with Crippen molar-refractivity contribution >= 4 is 0 Å². The first-order valence-electron chi connectivity index (χ1n) is 7.31. The molecule has 3 aliphatic rings. The summed E-state index contributed by atoms with van der Waals surface area (Å²) in [6.07, 6.45) is 11.4. The molecule has 0 aliphatic heterocycles. The van der Waals surface area contributed by atoms with Gasteiger partial charge in [0.05, 0.1) is 0 Å². The van der Waals surface area contributed by atoms with Crippen LogP contribution in [-0.2, 0) is 6.42 Å². The number of rotatable bonds is 0. The first-order chi connectivity index (χ1) is 8.83. The van der Waals surface area contributed by atoms with Gasteiger partial charge in [0.1, 0.15) is 5.75 Å². The molecule has 1 fully saturated rings. The van der Waals surface area contributed by atoms with Crippen LogP contribution in [0.25, 0.3) is 0 Å². The highest BCUT2D eigenvalue weighted by Crippen LogP contribution is 2.53. The van der Waals surface area contributed by atoms with Crippen LogP contribution >= 0.6 is 0 Å². The van der Waals surface area contributed by atoms with Gasteiger partial charge in [0.2, 0.25) is 0 Å². The molecule has 0 heterocycles. The molecule has 0 spiro atoms. The van der Waals surface area contributed by atoms with Crippen LogP contribution in [0.2, 0.25) is 0 Å². The van der Waals surface area contributed by atoms with E-state index in [9.17, 15) is 5.11 Å². The second-order valence-electron chi connectivity index (χ2n) is 6.26. The highest BCUT2D eigenvalue weighted by atomic mass is 16.3. The van der Waals surface area contributed by atoms with E-state index in [-0.39, 0.29) is 0 Å². The highest BCUT2D eigenvalue weighted by Gasteiger charge is 2.42. The molecule has 3 aliphatic carbocycles. The van der Waals surface area contributed by atoms with Crippen LogP contribution < -0.4 is 0 Å². The predicted molar refractivity (Wildman–Crippen MR) is 72.6 cm³/mol. The molecule has 18 heavy (non-hydrogen) atoms. The van der Waals surface area contributed by atoms with Crippen molar-refractivity contribution in [3.05, 3.63) is 41.5 Å². The van der Waals surface area contributed by atoms with Crippen molar-refractivity contribution in [2.75, 3.05) is 0 Å².